The van der Waals surface area contributed by atoms with Crippen LogP contribution in [0.3, 0.4) is 0 Å². The van der Waals surface area contributed by atoms with Crippen LogP contribution >= 0.6 is 12.4 Å². The number of piperazine rings is 1. The van der Waals surface area contributed by atoms with Crippen molar-refractivity contribution in [1.29, 1.82) is 0 Å². The molecule has 0 radical (unpaired) electrons. The number of anilines is 1. The molecule has 1 aromatic carbocycles. The van der Waals surface area contributed by atoms with Crippen LogP contribution in [0.1, 0.15) is 18.2 Å². The van der Waals surface area contributed by atoms with E-state index in [9.17, 15) is 4.39 Å². The van der Waals surface area contributed by atoms with Gasteiger partial charge in [-0.25, -0.2) is 9.37 Å². The second-order valence-corrected chi connectivity index (χ2v) is 7.04. The summed E-state index contributed by atoms with van der Waals surface area (Å²) in [5.41, 5.74) is 3.62. The SMILES string of the molecule is CCn1ncc(CN2CCN(c3nccnc3-c3ccccc3F)CC2)c1C.Cl. The first-order valence-corrected chi connectivity index (χ1v) is 9.72. The first kappa shape index (κ1) is 21.2. The maximum Gasteiger partial charge on any atom is 0.155 e. The number of benzene rings is 1. The van der Waals surface area contributed by atoms with Gasteiger partial charge < -0.3 is 4.90 Å². The Hall–Kier alpha value is -2.51. The molecular formula is C21H26ClFN6. The molecule has 0 saturated carbocycles. The van der Waals surface area contributed by atoms with Gasteiger partial charge in [-0.2, -0.15) is 5.10 Å². The maximum atomic E-state index is 14.3. The second kappa shape index (κ2) is 9.33. The fourth-order valence-electron chi connectivity index (χ4n) is 3.72. The van der Waals surface area contributed by atoms with Crippen molar-refractivity contribution in [1.82, 2.24) is 24.6 Å². The van der Waals surface area contributed by atoms with Crippen molar-refractivity contribution in [3.8, 4) is 11.3 Å². The molecule has 0 unspecified atom stereocenters. The molecule has 2 aromatic heterocycles. The van der Waals surface area contributed by atoms with Crippen LogP contribution in [-0.2, 0) is 13.1 Å². The lowest BCUT2D eigenvalue weighted by molar-refractivity contribution is 0.249. The molecule has 8 heteroatoms. The summed E-state index contributed by atoms with van der Waals surface area (Å²) in [7, 11) is 0. The van der Waals surface area contributed by atoms with Gasteiger partial charge in [0.2, 0.25) is 0 Å². The molecular weight excluding hydrogens is 391 g/mol. The Morgan fingerprint density at radius 1 is 1.03 bits per heavy atom. The predicted octanol–water partition coefficient (Wildman–Crippen LogP) is 3.55. The van der Waals surface area contributed by atoms with Crippen molar-refractivity contribution in [3.05, 3.63) is 59.9 Å². The third kappa shape index (κ3) is 4.41. The van der Waals surface area contributed by atoms with Crippen LogP contribution in [0.5, 0.6) is 0 Å². The summed E-state index contributed by atoms with van der Waals surface area (Å²) < 4.78 is 16.3. The van der Waals surface area contributed by atoms with Gasteiger partial charge in [0.05, 0.1) is 6.20 Å². The van der Waals surface area contributed by atoms with Crippen LogP contribution in [0.15, 0.2) is 42.9 Å². The average molecular weight is 417 g/mol. The lowest BCUT2D eigenvalue weighted by Crippen LogP contribution is -2.46. The Morgan fingerprint density at radius 2 is 1.76 bits per heavy atom. The highest BCUT2D eigenvalue weighted by atomic mass is 35.5. The Balaban J connectivity index is 0.00000240. The number of hydrogen-bond donors (Lipinski definition) is 0. The summed E-state index contributed by atoms with van der Waals surface area (Å²) in [4.78, 5) is 13.6. The van der Waals surface area contributed by atoms with Gasteiger partial charge in [-0.15, -0.1) is 12.4 Å². The van der Waals surface area contributed by atoms with Crippen molar-refractivity contribution in [2.45, 2.75) is 26.9 Å². The Bertz CT molecular complexity index is 952. The molecule has 0 aliphatic carbocycles. The summed E-state index contributed by atoms with van der Waals surface area (Å²) in [6.07, 6.45) is 5.27. The van der Waals surface area contributed by atoms with Crippen molar-refractivity contribution in [2.24, 2.45) is 0 Å². The fraction of sp³-hybridized carbons (Fsp3) is 0.381. The molecule has 29 heavy (non-hydrogen) atoms. The van der Waals surface area contributed by atoms with E-state index in [-0.39, 0.29) is 18.2 Å². The van der Waals surface area contributed by atoms with E-state index in [1.54, 1.807) is 24.5 Å². The lowest BCUT2D eigenvalue weighted by Gasteiger charge is -2.35. The van der Waals surface area contributed by atoms with E-state index >= 15 is 0 Å². The topological polar surface area (TPSA) is 50.1 Å². The molecule has 154 valence electrons. The number of aryl methyl sites for hydroxylation is 1. The summed E-state index contributed by atoms with van der Waals surface area (Å²) >= 11 is 0. The van der Waals surface area contributed by atoms with Gasteiger partial charge in [0.1, 0.15) is 11.5 Å². The van der Waals surface area contributed by atoms with Gasteiger partial charge in [-0.3, -0.25) is 14.6 Å². The first-order valence-electron chi connectivity index (χ1n) is 9.72. The molecule has 0 spiro atoms. The van der Waals surface area contributed by atoms with Gasteiger partial charge in [0, 0.05) is 68.5 Å². The van der Waals surface area contributed by atoms with Gasteiger partial charge in [0.15, 0.2) is 5.82 Å². The highest BCUT2D eigenvalue weighted by molar-refractivity contribution is 5.85. The summed E-state index contributed by atoms with van der Waals surface area (Å²) in [5, 5.41) is 4.44. The lowest BCUT2D eigenvalue weighted by atomic mass is 10.1. The highest BCUT2D eigenvalue weighted by Crippen LogP contribution is 2.29. The van der Waals surface area contributed by atoms with E-state index in [0.29, 0.717) is 11.3 Å². The normalized spacial score (nSPS) is 14.7. The third-order valence-corrected chi connectivity index (χ3v) is 5.38. The molecule has 0 atom stereocenters. The Labute approximate surface area is 176 Å². The largest absolute Gasteiger partial charge is 0.352 e. The van der Waals surface area contributed by atoms with E-state index < -0.39 is 0 Å². The van der Waals surface area contributed by atoms with Crippen molar-refractivity contribution < 1.29 is 4.39 Å². The third-order valence-electron chi connectivity index (χ3n) is 5.38. The Morgan fingerprint density at radius 3 is 2.45 bits per heavy atom. The van der Waals surface area contributed by atoms with Crippen molar-refractivity contribution in [3.63, 3.8) is 0 Å². The number of hydrogen-bond acceptors (Lipinski definition) is 5. The van der Waals surface area contributed by atoms with E-state index in [2.05, 4.69) is 38.7 Å². The van der Waals surface area contributed by atoms with E-state index in [0.717, 1.165) is 45.1 Å². The molecule has 0 bridgehead atoms. The number of halogens is 2. The average Bonchev–Trinajstić information content (AvgIpc) is 3.08. The van der Waals surface area contributed by atoms with Crippen LogP contribution in [0.2, 0.25) is 0 Å². The summed E-state index contributed by atoms with van der Waals surface area (Å²) in [5.74, 6) is 0.480. The first-order chi connectivity index (χ1) is 13.7. The van der Waals surface area contributed by atoms with Gasteiger partial charge >= 0.3 is 0 Å². The molecule has 0 N–H and O–H groups in total. The minimum Gasteiger partial charge on any atom is -0.352 e. The van der Waals surface area contributed by atoms with Crippen LogP contribution in [-0.4, -0.2) is 50.8 Å². The Kier molecular flexibility index (Phi) is 6.82. The summed E-state index contributed by atoms with van der Waals surface area (Å²) in [6.45, 7) is 9.54. The second-order valence-electron chi connectivity index (χ2n) is 7.04. The van der Waals surface area contributed by atoms with Crippen molar-refractivity contribution >= 4 is 18.2 Å². The molecule has 1 aliphatic rings. The molecule has 4 rings (SSSR count). The minimum atomic E-state index is -0.272. The molecule has 6 nitrogen and oxygen atoms in total. The number of nitrogens with zero attached hydrogens (tertiary/aromatic N) is 6. The molecule has 3 heterocycles. The smallest absolute Gasteiger partial charge is 0.155 e. The zero-order valence-electron chi connectivity index (χ0n) is 16.8. The van der Waals surface area contributed by atoms with Crippen LogP contribution < -0.4 is 4.90 Å². The summed E-state index contributed by atoms with van der Waals surface area (Å²) in [6, 6.07) is 6.74. The van der Waals surface area contributed by atoms with Crippen LogP contribution in [0.4, 0.5) is 10.2 Å². The van der Waals surface area contributed by atoms with Gasteiger partial charge in [-0.05, 0) is 26.0 Å². The standard InChI is InChI=1S/C21H25FN6.ClH/c1-3-28-16(2)17(14-25-28)15-26-10-12-27(13-11-26)21-20(23-8-9-24-21)18-6-4-5-7-19(18)22;/h4-9,14H,3,10-13,15H2,1-2H3;1H. The van der Waals surface area contributed by atoms with Crippen LogP contribution in [0, 0.1) is 12.7 Å². The number of rotatable bonds is 5. The van der Waals surface area contributed by atoms with Crippen LogP contribution in [0.25, 0.3) is 11.3 Å². The van der Waals surface area contributed by atoms with Crippen molar-refractivity contribution in [2.75, 3.05) is 31.1 Å². The zero-order chi connectivity index (χ0) is 19.5. The maximum absolute atomic E-state index is 14.3. The monoisotopic (exact) mass is 416 g/mol. The predicted molar refractivity (Wildman–Crippen MR) is 115 cm³/mol. The van der Waals surface area contributed by atoms with E-state index in [1.807, 2.05) is 16.9 Å². The number of aromatic nitrogens is 4. The highest BCUT2D eigenvalue weighted by Gasteiger charge is 2.23. The van der Waals surface area contributed by atoms with Gasteiger partial charge in [-0.1, -0.05) is 12.1 Å². The molecule has 0 amide bonds. The van der Waals surface area contributed by atoms with E-state index in [1.165, 1.54) is 17.3 Å². The molecule has 1 saturated heterocycles. The molecule has 3 aromatic rings. The zero-order valence-corrected chi connectivity index (χ0v) is 17.6. The quantitative estimate of drug-likeness (QED) is 0.636. The van der Waals surface area contributed by atoms with Gasteiger partial charge in [0.25, 0.3) is 0 Å². The minimum absolute atomic E-state index is 0. The molecule has 1 aliphatic heterocycles. The fourth-order valence-corrected chi connectivity index (χ4v) is 3.72. The van der Waals surface area contributed by atoms with E-state index in [4.69, 9.17) is 0 Å². The molecule has 1 fully saturated rings.